The third kappa shape index (κ3) is 17.7. The molecule has 0 amide bonds. The van der Waals surface area contributed by atoms with E-state index in [1.165, 1.54) is 44.9 Å². The SMILES string of the molecule is CCCCCCCCCCCOP(O)O.[NaH]. The quantitative estimate of drug-likeness (QED) is 0.341. The van der Waals surface area contributed by atoms with Crippen LogP contribution in [0.2, 0.25) is 0 Å². The van der Waals surface area contributed by atoms with Gasteiger partial charge in [-0.05, 0) is 6.42 Å². The average Bonchev–Trinajstić information content (AvgIpc) is 2.20. The molecule has 0 heterocycles. The van der Waals surface area contributed by atoms with Crippen molar-refractivity contribution in [3.8, 4) is 0 Å². The Morgan fingerprint density at radius 1 is 0.812 bits per heavy atom. The van der Waals surface area contributed by atoms with Crippen molar-refractivity contribution in [3.05, 3.63) is 0 Å². The van der Waals surface area contributed by atoms with Crippen molar-refractivity contribution in [1.82, 2.24) is 0 Å². The third-order valence-electron chi connectivity index (χ3n) is 2.45. The van der Waals surface area contributed by atoms with Crippen molar-refractivity contribution in [2.75, 3.05) is 6.61 Å². The van der Waals surface area contributed by atoms with Gasteiger partial charge in [0, 0.05) is 0 Å². The van der Waals surface area contributed by atoms with Crippen LogP contribution < -0.4 is 0 Å². The standard InChI is InChI=1S/C11H25O3P.Na.H/c1-2-3-4-5-6-7-8-9-10-11-14-15(12)13;;/h12-13H,2-11H2,1H3;;. The Hall–Kier alpha value is 1.31. The molecule has 0 saturated heterocycles. The van der Waals surface area contributed by atoms with Crippen LogP contribution in [-0.4, -0.2) is 46.0 Å². The van der Waals surface area contributed by atoms with Gasteiger partial charge in [0.1, 0.15) is 0 Å². The first-order valence-corrected chi connectivity index (χ1v) is 7.24. The van der Waals surface area contributed by atoms with Crippen molar-refractivity contribution in [2.24, 2.45) is 0 Å². The Balaban J connectivity index is 0. The molecule has 0 aliphatic heterocycles. The van der Waals surface area contributed by atoms with Crippen LogP contribution in [0.15, 0.2) is 0 Å². The van der Waals surface area contributed by atoms with E-state index >= 15 is 0 Å². The van der Waals surface area contributed by atoms with Crippen LogP contribution >= 0.6 is 8.60 Å². The molecule has 94 valence electrons. The van der Waals surface area contributed by atoms with Crippen LogP contribution in [0.1, 0.15) is 64.7 Å². The zero-order valence-electron chi connectivity index (χ0n) is 9.82. The van der Waals surface area contributed by atoms with E-state index < -0.39 is 8.60 Å². The second kappa shape index (κ2) is 16.3. The van der Waals surface area contributed by atoms with Gasteiger partial charge in [-0.15, -0.1) is 0 Å². The van der Waals surface area contributed by atoms with Gasteiger partial charge < -0.3 is 14.3 Å². The van der Waals surface area contributed by atoms with Crippen molar-refractivity contribution in [1.29, 1.82) is 0 Å². The number of hydrogen-bond acceptors (Lipinski definition) is 3. The molecule has 0 aromatic rings. The van der Waals surface area contributed by atoms with E-state index in [4.69, 9.17) is 9.79 Å². The molecule has 0 rings (SSSR count). The van der Waals surface area contributed by atoms with Gasteiger partial charge in [-0.1, -0.05) is 58.3 Å². The van der Waals surface area contributed by atoms with Crippen molar-refractivity contribution < 1.29 is 14.3 Å². The van der Waals surface area contributed by atoms with Gasteiger partial charge in [-0.3, -0.25) is 0 Å². The fourth-order valence-corrected chi connectivity index (χ4v) is 1.85. The minimum absolute atomic E-state index is 0. The Morgan fingerprint density at radius 2 is 1.25 bits per heavy atom. The van der Waals surface area contributed by atoms with Gasteiger partial charge in [0.15, 0.2) is 0 Å². The normalized spacial score (nSPS) is 10.5. The Labute approximate surface area is 123 Å². The fraction of sp³-hybridized carbons (Fsp3) is 1.00. The number of rotatable bonds is 11. The molecular weight excluding hydrogens is 234 g/mol. The van der Waals surface area contributed by atoms with E-state index in [1.54, 1.807) is 0 Å². The Kier molecular flexibility index (Phi) is 20.0. The second-order valence-corrected chi connectivity index (χ2v) is 4.68. The molecule has 0 aromatic carbocycles. The van der Waals surface area contributed by atoms with Crippen LogP contribution in [0.4, 0.5) is 0 Å². The summed E-state index contributed by atoms with van der Waals surface area (Å²) in [5.74, 6) is 0. The van der Waals surface area contributed by atoms with Crippen LogP contribution in [0.5, 0.6) is 0 Å². The zero-order valence-corrected chi connectivity index (χ0v) is 10.7. The van der Waals surface area contributed by atoms with Crippen molar-refractivity contribution in [3.63, 3.8) is 0 Å². The summed E-state index contributed by atoms with van der Waals surface area (Å²) in [6.45, 7) is 2.71. The molecule has 0 aliphatic rings. The van der Waals surface area contributed by atoms with Crippen LogP contribution in [0.3, 0.4) is 0 Å². The molecule has 2 N–H and O–H groups in total. The van der Waals surface area contributed by atoms with Crippen molar-refractivity contribution in [2.45, 2.75) is 64.7 Å². The van der Waals surface area contributed by atoms with Gasteiger partial charge in [-0.25, -0.2) is 0 Å². The predicted octanol–water partition coefficient (Wildman–Crippen LogP) is 3.10. The molecule has 0 fully saturated rings. The molecule has 0 spiro atoms. The van der Waals surface area contributed by atoms with E-state index in [2.05, 4.69) is 11.4 Å². The molecule has 0 bridgehead atoms. The molecule has 3 nitrogen and oxygen atoms in total. The minimum atomic E-state index is -2.14. The van der Waals surface area contributed by atoms with E-state index in [0.717, 1.165) is 12.8 Å². The van der Waals surface area contributed by atoms with Crippen LogP contribution in [-0.2, 0) is 4.52 Å². The summed E-state index contributed by atoms with van der Waals surface area (Å²) >= 11 is 0. The first-order chi connectivity index (χ1) is 7.27. The maximum absolute atomic E-state index is 8.47. The van der Waals surface area contributed by atoms with E-state index in [0.29, 0.717) is 6.61 Å². The average molecular weight is 260 g/mol. The number of hydrogen-bond donors (Lipinski definition) is 2. The van der Waals surface area contributed by atoms with E-state index in [9.17, 15) is 0 Å². The van der Waals surface area contributed by atoms with Gasteiger partial charge in [0.25, 0.3) is 0 Å². The molecular formula is C11H26NaO3P. The molecule has 0 unspecified atom stereocenters. The monoisotopic (exact) mass is 260 g/mol. The second-order valence-electron chi connectivity index (χ2n) is 3.91. The summed E-state index contributed by atoms with van der Waals surface area (Å²) < 4.78 is 4.68. The molecule has 16 heavy (non-hydrogen) atoms. The number of unbranched alkanes of at least 4 members (excludes halogenated alkanes) is 8. The first kappa shape index (κ1) is 19.6. The van der Waals surface area contributed by atoms with E-state index in [-0.39, 0.29) is 29.6 Å². The summed E-state index contributed by atoms with van der Waals surface area (Å²) in [4.78, 5) is 16.9. The predicted molar refractivity (Wildman–Crippen MR) is 71.7 cm³/mol. The Morgan fingerprint density at radius 3 is 1.69 bits per heavy atom. The van der Waals surface area contributed by atoms with Crippen molar-refractivity contribution >= 4 is 38.2 Å². The summed E-state index contributed by atoms with van der Waals surface area (Å²) in [7, 11) is -2.14. The summed E-state index contributed by atoms with van der Waals surface area (Å²) in [5, 5.41) is 0. The van der Waals surface area contributed by atoms with E-state index in [1.807, 2.05) is 0 Å². The van der Waals surface area contributed by atoms with Crippen LogP contribution in [0, 0.1) is 0 Å². The first-order valence-electron chi connectivity index (χ1n) is 6.08. The maximum atomic E-state index is 8.47. The molecule has 0 saturated carbocycles. The third-order valence-corrected chi connectivity index (χ3v) is 2.87. The summed E-state index contributed by atoms with van der Waals surface area (Å²) in [5.41, 5.74) is 0. The topological polar surface area (TPSA) is 49.7 Å². The Bertz CT molecular complexity index is 126. The van der Waals surface area contributed by atoms with Crippen LogP contribution in [0.25, 0.3) is 0 Å². The fourth-order valence-electron chi connectivity index (χ4n) is 1.56. The van der Waals surface area contributed by atoms with Gasteiger partial charge >= 0.3 is 38.2 Å². The van der Waals surface area contributed by atoms with Gasteiger partial charge in [-0.2, -0.15) is 0 Å². The van der Waals surface area contributed by atoms with Gasteiger partial charge in [0.05, 0.1) is 6.61 Å². The summed E-state index contributed by atoms with van der Waals surface area (Å²) in [6.07, 6.45) is 11.4. The summed E-state index contributed by atoms with van der Waals surface area (Å²) in [6, 6.07) is 0. The molecule has 0 radical (unpaired) electrons. The molecule has 0 aromatic heterocycles. The molecule has 5 heteroatoms. The van der Waals surface area contributed by atoms with Gasteiger partial charge in [0.2, 0.25) is 0 Å². The molecule has 0 aliphatic carbocycles. The zero-order chi connectivity index (χ0) is 11.4. The molecule has 0 atom stereocenters.